The van der Waals surface area contributed by atoms with Crippen LogP contribution in [0.5, 0.6) is 0 Å². The normalized spacial score (nSPS) is 12.5. The van der Waals surface area contributed by atoms with Gasteiger partial charge in [-0.1, -0.05) is 0 Å². The Kier molecular flexibility index (Phi) is 2.92. The molecule has 0 spiro atoms. The molecular formula is C8H11N3O2. The van der Waals surface area contributed by atoms with Gasteiger partial charge < -0.3 is 10.8 Å². The monoisotopic (exact) mass is 181 g/mol. The molecule has 0 radical (unpaired) electrons. The largest absolute Gasteiger partial charge is 0.480 e. The van der Waals surface area contributed by atoms with Gasteiger partial charge in [0.1, 0.15) is 6.04 Å². The van der Waals surface area contributed by atoms with Crippen LogP contribution in [-0.4, -0.2) is 27.1 Å². The SMILES string of the molecule is Cc1cnc(CC(N)C(=O)O)cn1. The summed E-state index contributed by atoms with van der Waals surface area (Å²) < 4.78 is 0. The molecule has 13 heavy (non-hydrogen) atoms. The van der Waals surface area contributed by atoms with E-state index in [4.69, 9.17) is 10.8 Å². The van der Waals surface area contributed by atoms with Gasteiger partial charge in [0.2, 0.25) is 0 Å². The first-order chi connectivity index (χ1) is 6.09. The van der Waals surface area contributed by atoms with Crippen LogP contribution in [0.2, 0.25) is 0 Å². The van der Waals surface area contributed by atoms with Crippen LogP contribution in [-0.2, 0) is 11.2 Å². The number of carbonyl (C=O) groups is 1. The highest BCUT2D eigenvalue weighted by atomic mass is 16.4. The van der Waals surface area contributed by atoms with Gasteiger partial charge in [-0.15, -0.1) is 0 Å². The maximum atomic E-state index is 10.4. The Morgan fingerprint density at radius 1 is 1.62 bits per heavy atom. The molecule has 1 heterocycles. The van der Waals surface area contributed by atoms with Crippen molar-refractivity contribution in [2.24, 2.45) is 5.73 Å². The number of hydrogen-bond acceptors (Lipinski definition) is 4. The van der Waals surface area contributed by atoms with E-state index in [2.05, 4.69) is 9.97 Å². The summed E-state index contributed by atoms with van der Waals surface area (Å²) >= 11 is 0. The van der Waals surface area contributed by atoms with Gasteiger partial charge in [-0.2, -0.15) is 0 Å². The number of carboxylic acid groups (broad SMARTS) is 1. The minimum absolute atomic E-state index is 0.211. The van der Waals surface area contributed by atoms with Gasteiger partial charge in [0.05, 0.1) is 11.4 Å². The summed E-state index contributed by atoms with van der Waals surface area (Å²) in [4.78, 5) is 18.4. The van der Waals surface area contributed by atoms with Gasteiger partial charge in [-0.3, -0.25) is 14.8 Å². The zero-order valence-electron chi connectivity index (χ0n) is 7.27. The summed E-state index contributed by atoms with van der Waals surface area (Å²) in [5.41, 5.74) is 6.72. The molecule has 0 bridgehead atoms. The highest BCUT2D eigenvalue weighted by molar-refractivity contribution is 5.73. The first-order valence-corrected chi connectivity index (χ1v) is 3.85. The van der Waals surface area contributed by atoms with E-state index in [0.29, 0.717) is 5.69 Å². The summed E-state index contributed by atoms with van der Waals surface area (Å²) in [6.07, 6.45) is 3.34. The molecule has 1 rings (SSSR count). The molecular weight excluding hydrogens is 170 g/mol. The molecule has 0 saturated carbocycles. The molecule has 0 aromatic carbocycles. The quantitative estimate of drug-likeness (QED) is 0.670. The number of aliphatic carboxylic acids is 1. The zero-order chi connectivity index (χ0) is 9.84. The lowest BCUT2D eigenvalue weighted by molar-refractivity contribution is -0.138. The molecule has 0 aliphatic rings. The van der Waals surface area contributed by atoms with Crippen molar-refractivity contribution in [2.75, 3.05) is 0 Å². The molecule has 0 amide bonds. The Balaban J connectivity index is 2.64. The number of hydrogen-bond donors (Lipinski definition) is 2. The molecule has 70 valence electrons. The fourth-order valence-electron chi connectivity index (χ4n) is 0.837. The second-order valence-corrected chi connectivity index (χ2v) is 2.80. The van der Waals surface area contributed by atoms with E-state index in [1.165, 1.54) is 6.20 Å². The Morgan fingerprint density at radius 2 is 2.31 bits per heavy atom. The summed E-state index contributed by atoms with van der Waals surface area (Å²) in [6.45, 7) is 1.81. The van der Waals surface area contributed by atoms with Gasteiger partial charge in [-0.05, 0) is 6.92 Å². The molecule has 1 atom stereocenters. The van der Waals surface area contributed by atoms with Crippen LogP contribution in [0.15, 0.2) is 12.4 Å². The van der Waals surface area contributed by atoms with Crippen LogP contribution in [0, 0.1) is 6.92 Å². The molecule has 0 aliphatic heterocycles. The number of aromatic nitrogens is 2. The third kappa shape index (κ3) is 2.79. The fourth-order valence-corrected chi connectivity index (χ4v) is 0.837. The van der Waals surface area contributed by atoms with Crippen molar-refractivity contribution in [3.8, 4) is 0 Å². The smallest absolute Gasteiger partial charge is 0.320 e. The van der Waals surface area contributed by atoms with Crippen molar-refractivity contribution in [2.45, 2.75) is 19.4 Å². The van der Waals surface area contributed by atoms with Crippen molar-refractivity contribution in [3.05, 3.63) is 23.8 Å². The Morgan fingerprint density at radius 3 is 2.77 bits per heavy atom. The zero-order valence-corrected chi connectivity index (χ0v) is 7.27. The lowest BCUT2D eigenvalue weighted by atomic mass is 10.2. The van der Waals surface area contributed by atoms with Crippen LogP contribution in [0.4, 0.5) is 0 Å². The van der Waals surface area contributed by atoms with E-state index in [9.17, 15) is 4.79 Å². The van der Waals surface area contributed by atoms with Crippen LogP contribution >= 0.6 is 0 Å². The lowest BCUT2D eigenvalue weighted by Gasteiger charge is -2.04. The van der Waals surface area contributed by atoms with Crippen LogP contribution in [0.3, 0.4) is 0 Å². The highest BCUT2D eigenvalue weighted by Gasteiger charge is 2.12. The number of rotatable bonds is 3. The topological polar surface area (TPSA) is 89.1 Å². The summed E-state index contributed by atoms with van der Waals surface area (Å²) in [7, 11) is 0. The Bertz CT molecular complexity index is 297. The van der Waals surface area contributed by atoms with Crippen LogP contribution in [0.25, 0.3) is 0 Å². The minimum Gasteiger partial charge on any atom is -0.480 e. The third-order valence-electron chi connectivity index (χ3n) is 1.58. The predicted octanol–water partition coefficient (Wildman–Crippen LogP) is -0.261. The second kappa shape index (κ2) is 3.95. The van der Waals surface area contributed by atoms with E-state index >= 15 is 0 Å². The van der Waals surface area contributed by atoms with Gasteiger partial charge in [0, 0.05) is 18.8 Å². The number of nitrogens with two attached hydrogens (primary N) is 1. The molecule has 5 nitrogen and oxygen atoms in total. The Labute approximate surface area is 75.6 Å². The standard InChI is InChI=1S/C8H11N3O2/c1-5-3-11-6(4-10-5)2-7(9)8(12)13/h3-4,7H,2,9H2,1H3,(H,12,13). The molecule has 0 aliphatic carbocycles. The molecule has 3 N–H and O–H groups in total. The van der Waals surface area contributed by atoms with E-state index in [0.717, 1.165) is 5.69 Å². The molecule has 1 aromatic rings. The minimum atomic E-state index is -1.03. The molecule has 0 fully saturated rings. The van der Waals surface area contributed by atoms with Gasteiger partial charge >= 0.3 is 5.97 Å². The molecule has 1 unspecified atom stereocenters. The van der Waals surface area contributed by atoms with Crippen molar-refractivity contribution in [3.63, 3.8) is 0 Å². The molecule has 1 aromatic heterocycles. The fraction of sp³-hybridized carbons (Fsp3) is 0.375. The van der Waals surface area contributed by atoms with E-state index in [1.54, 1.807) is 6.20 Å². The van der Waals surface area contributed by atoms with Crippen LogP contribution in [0.1, 0.15) is 11.4 Å². The summed E-state index contributed by atoms with van der Waals surface area (Å²) in [5, 5.41) is 8.52. The van der Waals surface area contributed by atoms with E-state index in [1.807, 2.05) is 6.92 Å². The first-order valence-electron chi connectivity index (χ1n) is 3.85. The predicted molar refractivity (Wildman–Crippen MR) is 46.1 cm³/mol. The number of aryl methyl sites for hydroxylation is 1. The lowest BCUT2D eigenvalue weighted by Crippen LogP contribution is -2.32. The number of carboxylic acids is 1. The van der Waals surface area contributed by atoms with Gasteiger partial charge in [0.15, 0.2) is 0 Å². The second-order valence-electron chi connectivity index (χ2n) is 2.80. The van der Waals surface area contributed by atoms with Crippen LogP contribution < -0.4 is 5.73 Å². The highest BCUT2D eigenvalue weighted by Crippen LogP contribution is 1.97. The maximum absolute atomic E-state index is 10.4. The Hall–Kier alpha value is -1.49. The van der Waals surface area contributed by atoms with Gasteiger partial charge in [0.25, 0.3) is 0 Å². The van der Waals surface area contributed by atoms with Crippen molar-refractivity contribution < 1.29 is 9.90 Å². The summed E-state index contributed by atoms with van der Waals surface area (Å²) in [5.74, 6) is -1.03. The number of nitrogens with zero attached hydrogens (tertiary/aromatic N) is 2. The average Bonchev–Trinajstić information content (AvgIpc) is 2.08. The average molecular weight is 181 g/mol. The van der Waals surface area contributed by atoms with E-state index < -0.39 is 12.0 Å². The van der Waals surface area contributed by atoms with Crippen molar-refractivity contribution >= 4 is 5.97 Å². The molecule has 5 heteroatoms. The molecule has 0 saturated heterocycles. The maximum Gasteiger partial charge on any atom is 0.320 e. The summed E-state index contributed by atoms with van der Waals surface area (Å²) in [6, 6.07) is -0.906. The van der Waals surface area contributed by atoms with Crippen molar-refractivity contribution in [1.29, 1.82) is 0 Å². The van der Waals surface area contributed by atoms with Crippen molar-refractivity contribution in [1.82, 2.24) is 9.97 Å². The van der Waals surface area contributed by atoms with Gasteiger partial charge in [-0.25, -0.2) is 0 Å². The van der Waals surface area contributed by atoms with E-state index in [-0.39, 0.29) is 6.42 Å². The third-order valence-corrected chi connectivity index (χ3v) is 1.58. The first kappa shape index (κ1) is 9.60.